The smallest absolute Gasteiger partial charge is 0.410 e. The summed E-state index contributed by atoms with van der Waals surface area (Å²) >= 11 is 0. The first-order valence-electron chi connectivity index (χ1n) is 26.3. The molecule has 3 saturated heterocycles. The highest BCUT2D eigenvalue weighted by molar-refractivity contribution is 5.84. The lowest BCUT2D eigenvalue weighted by Crippen LogP contribution is -2.51. The van der Waals surface area contributed by atoms with Crippen LogP contribution in [0.2, 0.25) is 0 Å². The molecule has 0 saturated carbocycles. The van der Waals surface area contributed by atoms with Crippen molar-refractivity contribution in [3.8, 4) is 0 Å². The van der Waals surface area contributed by atoms with E-state index in [9.17, 15) is 38.4 Å². The Bertz CT molecular complexity index is 1850. The lowest BCUT2D eigenvalue weighted by atomic mass is 10.1. The summed E-state index contributed by atoms with van der Waals surface area (Å²) in [5.41, 5.74) is -5.14. The van der Waals surface area contributed by atoms with Gasteiger partial charge in [-0.2, -0.15) is 0 Å². The predicted molar refractivity (Wildman–Crippen MR) is 280 cm³/mol. The van der Waals surface area contributed by atoms with Crippen LogP contribution in [0.5, 0.6) is 0 Å². The van der Waals surface area contributed by atoms with Crippen molar-refractivity contribution in [3.63, 3.8) is 0 Å². The fraction of sp³-hybridized carbons (Fsp3) is 0.827. The fourth-order valence-electron chi connectivity index (χ4n) is 7.99. The molecule has 76 heavy (non-hydrogen) atoms. The molecule has 3 aliphatic rings. The first-order chi connectivity index (χ1) is 34.6. The van der Waals surface area contributed by atoms with E-state index in [1.165, 1.54) is 34.3 Å². The zero-order chi connectivity index (χ0) is 57.9. The molecule has 0 radical (unpaired) electrons. The highest BCUT2D eigenvalue weighted by atomic mass is 16.6. The van der Waals surface area contributed by atoms with Crippen LogP contribution in [0.25, 0.3) is 0 Å². The summed E-state index contributed by atoms with van der Waals surface area (Å²) in [6.45, 7) is 29.9. The Morgan fingerprint density at radius 2 is 0.526 bits per heavy atom. The first kappa shape index (κ1) is 64.3. The predicted octanol–water partition coefficient (Wildman–Crippen LogP) is 5.36. The molecule has 3 fully saturated rings. The minimum atomic E-state index is -1.05. The van der Waals surface area contributed by atoms with Crippen molar-refractivity contribution in [1.29, 1.82) is 0 Å². The van der Waals surface area contributed by atoms with E-state index in [2.05, 4.69) is 10.6 Å². The molecule has 24 heteroatoms. The molecule has 0 aromatic rings. The van der Waals surface area contributed by atoms with Crippen molar-refractivity contribution in [2.75, 3.05) is 105 Å². The summed E-state index contributed by atoms with van der Waals surface area (Å²) in [5.74, 6) is -4.58. The third-order valence-corrected chi connectivity index (χ3v) is 11.2. The third-order valence-electron chi connectivity index (χ3n) is 11.2. The van der Waals surface area contributed by atoms with Crippen molar-refractivity contribution >= 4 is 54.3 Å². The fourth-order valence-corrected chi connectivity index (χ4v) is 7.99. The molecule has 0 unspecified atom stereocenters. The van der Waals surface area contributed by atoms with Crippen LogP contribution in [-0.2, 0) is 42.8 Å². The van der Waals surface area contributed by atoms with Crippen LogP contribution in [0.1, 0.15) is 125 Å². The first-order valence-corrected chi connectivity index (χ1v) is 26.3. The van der Waals surface area contributed by atoms with Gasteiger partial charge in [-0.1, -0.05) is 0 Å². The maximum absolute atomic E-state index is 15.0. The number of rotatable bonds is 9. The minimum Gasteiger partial charge on any atom is -0.444 e. The van der Waals surface area contributed by atoms with Gasteiger partial charge in [-0.15, -0.1) is 0 Å². The van der Waals surface area contributed by atoms with Gasteiger partial charge in [0.25, 0.3) is 0 Å². The van der Waals surface area contributed by atoms with Crippen molar-refractivity contribution in [3.05, 3.63) is 0 Å². The van der Waals surface area contributed by atoms with E-state index >= 15 is 4.79 Å². The zero-order valence-corrected chi connectivity index (χ0v) is 48.8. The minimum absolute atomic E-state index is 0.0219. The van der Waals surface area contributed by atoms with E-state index in [1.54, 1.807) is 125 Å². The highest BCUT2D eigenvalue weighted by Crippen LogP contribution is 2.23. The molecular formula is C52H91N9O15. The average Bonchev–Trinajstić information content (AvgIpc) is 3.71. The quantitative estimate of drug-likeness (QED) is 0.276. The summed E-state index contributed by atoms with van der Waals surface area (Å²) in [6.07, 6.45) is -4.07. The largest absolute Gasteiger partial charge is 0.444 e. The molecule has 3 heterocycles. The Morgan fingerprint density at radius 1 is 0.342 bits per heavy atom. The second-order valence-electron chi connectivity index (χ2n) is 25.6. The molecule has 3 rings (SSSR count). The monoisotopic (exact) mass is 1080 g/mol. The molecule has 434 valence electrons. The Balaban J connectivity index is 1.99. The van der Waals surface area contributed by atoms with Gasteiger partial charge in [-0.25, -0.2) is 28.8 Å². The van der Waals surface area contributed by atoms with Gasteiger partial charge in [0.2, 0.25) is 17.7 Å². The number of carbonyl (C=O) groups excluding carboxylic acids is 9. The number of hydrogen-bond acceptors (Lipinski definition) is 15. The van der Waals surface area contributed by atoms with Crippen LogP contribution < -0.4 is 10.6 Å². The number of nitrogens with zero attached hydrogens (tertiary/aromatic N) is 7. The summed E-state index contributed by atoms with van der Waals surface area (Å²) < 4.78 is 33.9. The summed E-state index contributed by atoms with van der Waals surface area (Å²) in [5, 5.41) is 5.75. The number of ether oxygens (including phenoxy) is 6. The van der Waals surface area contributed by atoms with Gasteiger partial charge in [-0.3, -0.25) is 14.4 Å². The van der Waals surface area contributed by atoms with E-state index in [0.717, 1.165) is 0 Å². The molecular weight excluding hydrogens is 991 g/mol. The SMILES string of the molecule is CC(C)(C)OC(=O)N1CCN(C(=O)OC(C)(C)C)CC(C(=O)NCCN(CCNC(=O)C2CN(C(=O)OC(C)(C)C)CCN(C(=O)OC(C)(C)C)C2)C(=O)C2CN(C(=O)OC(C)(C)C)CCN(C(=O)OC(C)(C)C)C2)C1. The average molecular weight is 1080 g/mol. The molecule has 0 spiro atoms. The van der Waals surface area contributed by atoms with Crippen molar-refractivity contribution in [2.45, 2.75) is 158 Å². The van der Waals surface area contributed by atoms with E-state index < -0.39 is 106 Å². The maximum Gasteiger partial charge on any atom is 0.410 e. The van der Waals surface area contributed by atoms with Gasteiger partial charge in [0.15, 0.2) is 0 Å². The Labute approximate surface area is 450 Å². The Kier molecular flexibility index (Phi) is 21.9. The van der Waals surface area contributed by atoms with Gasteiger partial charge in [0.1, 0.15) is 33.6 Å². The van der Waals surface area contributed by atoms with Crippen LogP contribution in [0.3, 0.4) is 0 Å². The topological polar surface area (TPSA) is 256 Å². The van der Waals surface area contributed by atoms with Crippen molar-refractivity contribution in [1.82, 2.24) is 44.9 Å². The molecule has 0 aromatic heterocycles. The standard InChI is InChI=1S/C52H91N9O15/c1-47(2,3)71-41(65)56-23-24-57(42(66)72-48(4,5)6)30-35(29-56)38(62)53-19-21-55(40(64)37-33-60(45(69)75-51(13,14)15)27-28-61(34-37)46(70)76-52(16,17)18)22-20-54-39(63)36-31-58(43(67)73-49(7,8)9)25-26-59(32-36)44(68)74-50(10,11)12/h35-37H,19-34H2,1-18H3,(H,53,62)(H,54,63). The number of nitrogens with one attached hydrogen (secondary N) is 2. The van der Waals surface area contributed by atoms with Crippen molar-refractivity contribution in [2.24, 2.45) is 17.8 Å². The molecule has 0 bridgehead atoms. The van der Waals surface area contributed by atoms with Crippen LogP contribution in [0, 0.1) is 17.8 Å². The molecule has 0 aromatic carbocycles. The Morgan fingerprint density at radius 3 is 0.711 bits per heavy atom. The van der Waals surface area contributed by atoms with Gasteiger partial charge >= 0.3 is 36.6 Å². The van der Waals surface area contributed by atoms with E-state index in [-0.39, 0.29) is 105 Å². The van der Waals surface area contributed by atoms with Gasteiger partial charge in [-0.05, 0) is 125 Å². The second-order valence-corrected chi connectivity index (χ2v) is 25.6. The molecule has 3 aliphatic heterocycles. The van der Waals surface area contributed by atoms with Gasteiger partial charge < -0.3 is 73.4 Å². The van der Waals surface area contributed by atoms with Gasteiger partial charge in [0.05, 0.1) is 17.8 Å². The summed E-state index contributed by atoms with van der Waals surface area (Å²) in [6, 6.07) is 0. The van der Waals surface area contributed by atoms with Gasteiger partial charge in [0, 0.05) is 105 Å². The summed E-state index contributed by atoms with van der Waals surface area (Å²) in [7, 11) is 0. The molecule has 24 nitrogen and oxygen atoms in total. The molecule has 0 aliphatic carbocycles. The van der Waals surface area contributed by atoms with Crippen LogP contribution in [-0.4, -0.2) is 227 Å². The molecule has 2 N–H and O–H groups in total. The number of amides is 9. The van der Waals surface area contributed by atoms with E-state index in [4.69, 9.17) is 28.4 Å². The third kappa shape index (κ3) is 23.1. The molecule has 0 atom stereocenters. The normalized spacial score (nSPS) is 17.3. The second kappa shape index (κ2) is 25.9. The van der Waals surface area contributed by atoms with E-state index in [1.807, 2.05) is 0 Å². The van der Waals surface area contributed by atoms with Crippen LogP contribution in [0.4, 0.5) is 28.8 Å². The number of carbonyl (C=O) groups is 9. The van der Waals surface area contributed by atoms with Crippen LogP contribution >= 0.6 is 0 Å². The maximum atomic E-state index is 15.0. The lowest BCUT2D eigenvalue weighted by Gasteiger charge is -2.32. The van der Waals surface area contributed by atoms with E-state index in [0.29, 0.717) is 0 Å². The summed E-state index contributed by atoms with van der Waals surface area (Å²) in [4.78, 5) is 134. The lowest BCUT2D eigenvalue weighted by molar-refractivity contribution is -0.137. The van der Waals surface area contributed by atoms with Crippen molar-refractivity contribution < 1.29 is 71.6 Å². The molecule has 9 amide bonds. The zero-order valence-electron chi connectivity index (χ0n) is 48.8. The number of hydrogen-bond donors (Lipinski definition) is 2. The van der Waals surface area contributed by atoms with Crippen LogP contribution in [0.15, 0.2) is 0 Å². The highest BCUT2D eigenvalue weighted by Gasteiger charge is 2.40. The Hall–Kier alpha value is -5.97.